The summed E-state index contributed by atoms with van der Waals surface area (Å²) in [7, 11) is 3.84. The molecule has 3 unspecified atom stereocenters. The lowest BCUT2D eigenvalue weighted by Gasteiger charge is -2.31. The van der Waals surface area contributed by atoms with Crippen LogP contribution in [0.15, 0.2) is 65.9 Å². The second kappa shape index (κ2) is 18.4. The minimum atomic E-state index is 0.121. The molecule has 0 fully saturated rings. The molecule has 5 aromatic rings. The molecule has 3 atom stereocenters. The van der Waals surface area contributed by atoms with Gasteiger partial charge in [-0.05, 0) is 228 Å². The number of methoxy groups -OCH3 is 2. The first-order valence-electron chi connectivity index (χ1n) is 22.8. The Morgan fingerprint density at radius 1 is 0.484 bits per heavy atom. The van der Waals surface area contributed by atoms with Crippen molar-refractivity contribution in [2.45, 2.75) is 127 Å². The van der Waals surface area contributed by atoms with Crippen LogP contribution in [0.1, 0.15) is 118 Å². The minimum Gasteiger partial charge on any atom is -0.496 e. The van der Waals surface area contributed by atoms with E-state index in [1.54, 1.807) is 14.2 Å². The molecule has 62 heavy (non-hydrogen) atoms. The zero-order valence-corrected chi connectivity index (χ0v) is 41.3. The lowest BCUT2D eigenvalue weighted by Crippen LogP contribution is -2.22. The van der Waals surface area contributed by atoms with E-state index in [4.69, 9.17) is 18.5 Å². The molecule has 0 aromatic heterocycles. The Morgan fingerprint density at radius 3 is 1.44 bits per heavy atom. The van der Waals surface area contributed by atoms with Crippen molar-refractivity contribution in [3.63, 3.8) is 0 Å². The topological polar surface area (TPSA) is 36.9 Å². The molecular weight excluding hydrogens is 799 g/mol. The van der Waals surface area contributed by atoms with Gasteiger partial charge >= 0.3 is 0 Å². The minimum absolute atomic E-state index is 0.121. The van der Waals surface area contributed by atoms with Crippen LogP contribution in [0, 0.1) is 61.3 Å². The molecule has 0 radical (unpaired) electrons. The zero-order valence-electron chi connectivity index (χ0n) is 39.3. The van der Waals surface area contributed by atoms with Crippen molar-refractivity contribution >= 4 is 33.8 Å². The largest absolute Gasteiger partial charge is 0.496 e. The van der Waals surface area contributed by atoms with Crippen molar-refractivity contribution in [3.8, 4) is 39.5 Å². The number of hydrogen-bond donors (Lipinski definition) is 0. The van der Waals surface area contributed by atoms with Gasteiger partial charge in [0.05, 0.1) is 14.2 Å². The molecule has 0 spiro atoms. The van der Waals surface area contributed by atoms with Crippen LogP contribution in [0.3, 0.4) is 0 Å². The number of allylic oxidation sites excluding steroid dienone is 3. The fourth-order valence-corrected chi connectivity index (χ4v) is 13.1. The molecule has 3 aliphatic rings. The van der Waals surface area contributed by atoms with E-state index in [0.717, 1.165) is 88.5 Å². The Hall–Kier alpha value is -4.36. The van der Waals surface area contributed by atoms with Gasteiger partial charge in [-0.3, -0.25) is 0 Å². The molecule has 0 amide bonds. The lowest BCUT2D eigenvalue weighted by molar-refractivity contribution is 0.409. The molecule has 0 saturated heterocycles. The summed E-state index contributed by atoms with van der Waals surface area (Å²) >= 11 is 0. The summed E-state index contributed by atoms with van der Waals surface area (Å²) in [6, 6.07) is 18.5. The first-order valence-corrected chi connectivity index (χ1v) is 24.6. The zero-order chi connectivity index (χ0) is 44.0. The van der Waals surface area contributed by atoms with E-state index in [-0.39, 0.29) is 17.6 Å². The average molecular weight is 865 g/mol. The maximum absolute atomic E-state index is 7.33. The Morgan fingerprint density at radius 2 is 0.919 bits per heavy atom. The van der Waals surface area contributed by atoms with Crippen LogP contribution in [0.5, 0.6) is 17.2 Å². The highest BCUT2D eigenvalue weighted by Crippen LogP contribution is 2.48. The summed E-state index contributed by atoms with van der Waals surface area (Å²) in [5.74, 6) is 4.20. The lowest BCUT2D eigenvalue weighted by atomic mass is 9.79. The number of fused-ring (bicyclic) bond motifs is 2. The average Bonchev–Trinajstić information content (AvgIpc) is 3.22. The maximum atomic E-state index is 7.33. The number of hydrogen-bond acceptors (Lipinski definition) is 4. The maximum Gasteiger partial charge on any atom is 0.134 e. The van der Waals surface area contributed by atoms with Gasteiger partial charge < -0.3 is 18.5 Å². The number of rotatable bonds is 11. The van der Waals surface area contributed by atoms with Crippen LogP contribution in [0.25, 0.3) is 27.8 Å². The summed E-state index contributed by atoms with van der Waals surface area (Å²) in [5, 5.41) is 2.67. The highest BCUT2D eigenvalue weighted by Gasteiger charge is 2.30. The standard InChI is InChI=1S/C56H66O4P2/c1-31-21-35(5)51(57-11)45(25-31)47-27-33(3)23-37(7)53(47)59-61-55-39(9)29-41-17-13-15-19-43(41)49(55)50-44-20-16-14-18-42(44)30-40(10)56(50)62-60-54-38(8)24-34(4)28-48(54)46-26-32(2)22-36(6)52(46)58-12/h21-27,29-30,34,61-62H,13-20,28H2,1-12H3. The third-order valence-electron chi connectivity index (χ3n) is 13.4. The van der Waals surface area contributed by atoms with E-state index < -0.39 is 0 Å². The monoisotopic (exact) mass is 864 g/mol. The van der Waals surface area contributed by atoms with Gasteiger partial charge in [0.25, 0.3) is 0 Å². The smallest absolute Gasteiger partial charge is 0.134 e. The third kappa shape index (κ3) is 8.52. The summed E-state index contributed by atoms with van der Waals surface area (Å²) in [5.41, 5.74) is 24.5. The summed E-state index contributed by atoms with van der Waals surface area (Å²) in [4.78, 5) is 0. The van der Waals surface area contributed by atoms with Gasteiger partial charge in [0.1, 0.15) is 40.6 Å². The van der Waals surface area contributed by atoms with E-state index in [1.165, 1.54) is 109 Å². The number of aryl methyl sites for hydroxylation is 10. The predicted octanol–water partition coefficient (Wildman–Crippen LogP) is 14.2. The van der Waals surface area contributed by atoms with Crippen molar-refractivity contribution in [3.05, 3.63) is 138 Å². The van der Waals surface area contributed by atoms with Crippen LogP contribution in [-0.4, -0.2) is 14.2 Å². The van der Waals surface area contributed by atoms with Gasteiger partial charge in [-0.1, -0.05) is 43.3 Å². The highest BCUT2D eigenvalue weighted by atomic mass is 31.1. The Bertz CT molecular complexity index is 2650. The molecule has 0 heterocycles. The third-order valence-corrected chi connectivity index (χ3v) is 15.7. The Kier molecular flexibility index (Phi) is 13.1. The normalized spacial score (nSPS) is 16.5. The van der Waals surface area contributed by atoms with E-state index in [0.29, 0.717) is 5.92 Å². The van der Waals surface area contributed by atoms with Crippen molar-refractivity contribution in [1.82, 2.24) is 0 Å². The summed E-state index contributed by atoms with van der Waals surface area (Å²) < 4.78 is 26.8. The second-order valence-electron chi connectivity index (χ2n) is 18.6. The Balaban J connectivity index is 1.30. The SMILES string of the molecule is COc1c(C)cc(C)cc1C1=C(OPc2c(C)cc3c(c2-c2c4c(cc(C)c2POc2c(C)cc(C)cc2-c2cc(C)cc(C)c2OC)CCCC4)CCCC3)C(C)=CC(C)C1. The number of ether oxygens (including phenoxy) is 2. The molecule has 0 N–H and O–H groups in total. The van der Waals surface area contributed by atoms with Crippen LogP contribution in [-0.2, 0) is 30.2 Å². The van der Waals surface area contributed by atoms with Gasteiger partial charge in [0.15, 0.2) is 0 Å². The van der Waals surface area contributed by atoms with Crippen LogP contribution in [0.4, 0.5) is 0 Å². The molecule has 3 aliphatic carbocycles. The van der Waals surface area contributed by atoms with Crippen LogP contribution in [0.2, 0.25) is 0 Å². The quantitative estimate of drug-likeness (QED) is 0.124. The van der Waals surface area contributed by atoms with Gasteiger partial charge in [0.2, 0.25) is 0 Å². The van der Waals surface area contributed by atoms with Crippen molar-refractivity contribution in [2.24, 2.45) is 5.92 Å². The first kappa shape index (κ1) is 44.3. The van der Waals surface area contributed by atoms with Gasteiger partial charge in [-0.15, -0.1) is 0 Å². The molecule has 0 saturated carbocycles. The van der Waals surface area contributed by atoms with Crippen molar-refractivity contribution in [2.75, 3.05) is 14.2 Å². The Labute approximate surface area is 375 Å². The second-order valence-corrected chi connectivity index (χ2v) is 20.4. The fraction of sp³-hybridized carbons (Fsp3) is 0.393. The van der Waals surface area contributed by atoms with Crippen molar-refractivity contribution < 1.29 is 18.5 Å². The molecule has 0 aliphatic heterocycles. The van der Waals surface area contributed by atoms with E-state index in [9.17, 15) is 0 Å². The van der Waals surface area contributed by atoms with Gasteiger partial charge in [-0.2, -0.15) is 0 Å². The molecule has 8 rings (SSSR count). The molecule has 6 heteroatoms. The first-order chi connectivity index (χ1) is 29.8. The van der Waals surface area contributed by atoms with Crippen molar-refractivity contribution in [1.29, 1.82) is 0 Å². The molecule has 4 nitrogen and oxygen atoms in total. The van der Waals surface area contributed by atoms with E-state index in [1.807, 2.05) is 0 Å². The fourth-order valence-electron chi connectivity index (χ4n) is 10.9. The molecule has 324 valence electrons. The number of benzene rings is 5. The predicted molar refractivity (Wildman–Crippen MR) is 267 cm³/mol. The van der Waals surface area contributed by atoms with Gasteiger partial charge in [-0.25, -0.2) is 0 Å². The summed E-state index contributed by atoms with van der Waals surface area (Å²) in [6.45, 7) is 22.2. The van der Waals surface area contributed by atoms with E-state index >= 15 is 0 Å². The van der Waals surface area contributed by atoms with Crippen LogP contribution < -0.4 is 24.6 Å². The summed E-state index contributed by atoms with van der Waals surface area (Å²) in [6.07, 6.45) is 12.6. The van der Waals surface area contributed by atoms with Crippen LogP contribution >= 0.6 is 17.6 Å². The molecule has 5 aromatic carbocycles. The van der Waals surface area contributed by atoms with E-state index in [2.05, 4.69) is 124 Å². The molecular formula is C56H66O4P2. The highest BCUT2D eigenvalue weighted by molar-refractivity contribution is 7.43. The molecule has 0 bridgehead atoms. The van der Waals surface area contributed by atoms with Gasteiger partial charge in [0, 0.05) is 32.9 Å².